The second-order valence-electron chi connectivity index (χ2n) is 5.54. The van der Waals surface area contributed by atoms with E-state index in [0.717, 1.165) is 38.6 Å². The molecule has 4 nitrogen and oxygen atoms in total. The number of aliphatic hydroxyl groups is 1. The third-order valence-corrected chi connectivity index (χ3v) is 4.27. The minimum absolute atomic E-state index is 0.524. The van der Waals surface area contributed by atoms with Crippen molar-refractivity contribution in [1.82, 2.24) is 4.90 Å². The van der Waals surface area contributed by atoms with Crippen LogP contribution in [-0.2, 0) is 4.79 Å². The Kier molecular flexibility index (Phi) is 2.97. The van der Waals surface area contributed by atoms with Gasteiger partial charge in [0.25, 0.3) is 0 Å². The highest BCUT2D eigenvalue weighted by Gasteiger charge is 2.46. The van der Waals surface area contributed by atoms with E-state index < -0.39 is 17.1 Å². The van der Waals surface area contributed by atoms with Gasteiger partial charge in [0.05, 0.1) is 5.60 Å². The Balaban J connectivity index is 2.06. The van der Waals surface area contributed by atoms with Crippen molar-refractivity contribution >= 4 is 5.97 Å². The number of hydrogen-bond acceptors (Lipinski definition) is 3. The number of carboxylic acid groups (broad SMARTS) is 1. The molecule has 1 heterocycles. The van der Waals surface area contributed by atoms with Gasteiger partial charge in [-0.15, -0.1) is 0 Å². The zero-order valence-corrected chi connectivity index (χ0v) is 9.91. The van der Waals surface area contributed by atoms with Crippen molar-refractivity contribution in [3.8, 4) is 0 Å². The summed E-state index contributed by atoms with van der Waals surface area (Å²) in [5.74, 6) is -0.758. The van der Waals surface area contributed by atoms with Gasteiger partial charge in [-0.25, -0.2) is 0 Å². The summed E-state index contributed by atoms with van der Waals surface area (Å²) >= 11 is 0. The molecule has 0 aromatic heterocycles. The lowest BCUT2D eigenvalue weighted by Gasteiger charge is -2.36. The summed E-state index contributed by atoms with van der Waals surface area (Å²) in [7, 11) is 0. The molecule has 0 aromatic carbocycles. The number of aliphatic carboxylic acids is 1. The van der Waals surface area contributed by atoms with Gasteiger partial charge in [-0.3, -0.25) is 9.69 Å². The molecule has 1 aliphatic heterocycles. The molecule has 2 aliphatic rings. The summed E-state index contributed by atoms with van der Waals surface area (Å²) in [6.07, 6.45) is 5.37. The lowest BCUT2D eigenvalue weighted by Crippen LogP contribution is -2.53. The molecule has 0 radical (unpaired) electrons. The molecule has 2 N–H and O–H groups in total. The molecule has 0 bridgehead atoms. The largest absolute Gasteiger partial charge is 0.480 e. The highest BCUT2D eigenvalue weighted by molar-refractivity contribution is 5.78. The summed E-state index contributed by atoms with van der Waals surface area (Å²) in [5.41, 5.74) is -1.40. The van der Waals surface area contributed by atoms with Crippen molar-refractivity contribution in [2.45, 2.75) is 56.6 Å². The van der Waals surface area contributed by atoms with Gasteiger partial charge in [-0.05, 0) is 39.2 Å². The zero-order chi connectivity index (χ0) is 11.8. The lowest BCUT2D eigenvalue weighted by atomic mass is 9.95. The van der Waals surface area contributed by atoms with Crippen LogP contribution >= 0.6 is 0 Å². The first kappa shape index (κ1) is 11.9. The van der Waals surface area contributed by atoms with E-state index in [4.69, 9.17) is 0 Å². The summed E-state index contributed by atoms with van der Waals surface area (Å²) in [4.78, 5) is 13.2. The molecular formula is C12H21NO3. The maximum Gasteiger partial charge on any atom is 0.323 e. The topological polar surface area (TPSA) is 60.8 Å². The van der Waals surface area contributed by atoms with E-state index in [9.17, 15) is 15.0 Å². The second-order valence-corrected chi connectivity index (χ2v) is 5.54. The van der Waals surface area contributed by atoms with Crippen LogP contribution in [0.25, 0.3) is 0 Å². The van der Waals surface area contributed by atoms with Crippen LogP contribution in [0.15, 0.2) is 0 Å². The molecule has 16 heavy (non-hydrogen) atoms. The van der Waals surface area contributed by atoms with Gasteiger partial charge in [0, 0.05) is 6.54 Å². The normalized spacial score (nSPS) is 34.4. The average Bonchev–Trinajstić information content (AvgIpc) is 2.76. The van der Waals surface area contributed by atoms with Gasteiger partial charge >= 0.3 is 5.97 Å². The SMILES string of the molecule is CC1(C(=O)O)CCCN1CC1(O)CCCC1. The Morgan fingerprint density at radius 1 is 1.25 bits per heavy atom. The molecule has 4 heteroatoms. The molecule has 0 spiro atoms. The molecule has 0 amide bonds. The first-order valence-electron chi connectivity index (χ1n) is 6.17. The number of carboxylic acids is 1. The van der Waals surface area contributed by atoms with Crippen molar-refractivity contribution in [3.05, 3.63) is 0 Å². The van der Waals surface area contributed by atoms with Gasteiger partial charge in [0.2, 0.25) is 0 Å². The molecule has 1 saturated carbocycles. The minimum atomic E-state index is -0.766. The minimum Gasteiger partial charge on any atom is -0.480 e. The standard InChI is InChI=1S/C12H21NO3/c1-11(10(14)15)5-4-8-13(11)9-12(16)6-2-3-7-12/h16H,2-9H2,1H3,(H,14,15). The van der Waals surface area contributed by atoms with E-state index in [0.29, 0.717) is 13.0 Å². The Morgan fingerprint density at radius 2 is 1.88 bits per heavy atom. The fraction of sp³-hybridized carbons (Fsp3) is 0.917. The summed E-state index contributed by atoms with van der Waals surface area (Å²) in [6, 6.07) is 0. The van der Waals surface area contributed by atoms with Gasteiger partial charge in [-0.2, -0.15) is 0 Å². The molecule has 0 aromatic rings. The van der Waals surface area contributed by atoms with Gasteiger partial charge in [-0.1, -0.05) is 12.8 Å². The van der Waals surface area contributed by atoms with E-state index in [2.05, 4.69) is 0 Å². The first-order valence-corrected chi connectivity index (χ1v) is 6.17. The van der Waals surface area contributed by atoms with Crippen LogP contribution in [0.2, 0.25) is 0 Å². The van der Waals surface area contributed by atoms with E-state index in [1.807, 2.05) is 4.90 Å². The summed E-state index contributed by atoms with van der Waals surface area (Å²) < 4.78 is 0. The third kappa shape index (κ3) is 1.96. The highest BCUT2D eigenvalue weighted by Crippen LogP contribution is 2.36. The third-order valence-electron chi connectivity index (χ3n) is 4.27. The summed E-state index contributed by atoms with van der Waals surface area (Å²) in [5, 5.41) is 19.6. The van der Waals surface area contributed by atoms with Crippen molar-refractivity contribution in [1.29, 1.82) is 0 Å². The molecule has 2 rings (SSSR count). The van der Waals surface area contributed by atoms with Crippen LogP contribution < -0.4 is 0 Å². The first-order chi connectivity index (χ1) is 7.46. The number of hydrogen-bond donors (Lipinski definition) is 2. The zero-order valence-electron chi connectivity index (χ0n) is 9.91. The van der Waals surface area contributed by atoms with Crippen LogP contribution in [0.5, 0.6) is 0 Å². The Hall–Kier alpha value is -0.610. The number of rotatable bonds is 3. The number of carbonyl (C=O) groups is 1. The monoisotopic (exact) mass is 227 g/mol. The van der Waals surface area contributed by atoms with E-state index in [1.165, 1.54) is 0 Å². The van der Waals surface area contributed by atoms with Crippen LogP contribution in [0.4, 0.5) is 0 Å². The smallest absolute Gasteiger partial charge is 0.323 e. The van der Waals surface area contributed by atoms with E-state index in [-0.39, 0.29) is 0 Å². The molecule has 1 saturated heterocycles. The van der Waals surface area contributed by atoms with E-state index in [1.54, 1.807) is 6.92 Å². The fourth-order valence-corrected chi connectivity index (χ4v) is 3.06. The molecule has 1 unspecified atom stereocenters. The van der Waals surface area contributed by atoms with Crippen molar-refractivity contribution in [2.75, 3.05) is 13.1 Å². The molecule has 2 fully saturated rings. The van der Waals surface area contributed by atoms with Gasteiger partial charge in [0.15, 0.2) is 0 Å². The summed E-state index contributed by atoms with van der Waals surface area (Å²) in [6.45, 7) is 3.10. The van der Waals surface area contributed by atoms with Crippen LogP contribution in [0, 0.1) is 0 Å². The van der Waals surface area contributed by atoms with Crippen molar-refractivity contribution < 1.29 is 15.0 Å². The van der Waals surface area contributed by atoms with Crippen LogP contribution in [0.1, 0.15) is 45.4 Å². The van der Waals surface area contributed by atoms with Crippen molar-refractivity contribution in [3.63, 3.8) is 0 Å². The number of nitrogens with zero attached hydrogens (tertiary/aromatic N) is 1. The predicted molar refractivity (Wildman–Crippen MR) is 60.3 cm³/mol. The average molecular weight is 227 g/mol. The Bertz CT molecular complexity index is 286. The fourth-order valence-electron chi connectivity index (χ4n) is 3.06. The maximum absolute atomic E-state index is 11.3. The predicted octanol–water partition coefficient (Wildman–Crippen LogP) is 1.23. The lowest BCUT2D eigenvalue weighted by molar-refractivity contribution is -0.150. The van der Waals surface area contributed by atoms with Crippen LogP contribution in [0.3, 0.4) is 0 Å². The van der Waals surface area contributed by atoms with Crippen LogP contribution in [-0.4, -0.2) is 45.3 Å². The molecule has 92 valence electrons. The van der Waals surface area contributed by atoms with Gasteiger partial charge in [0.1, 0.15) is 5.54 Å². The Labute approximate surface area is 96.3 Å². The van der Waals surface area contributed by atoms with E-state index >= 15 is 0 Å². The molecule has 1 atom stereocenters. The number of β-amino-alcohol motifs (C(OH)–C–C–N with tert-alkyl or cyclic N) is 1. The van der Waals surface area contributed by atoms with Gasteiger partial charge < -0.3 is 10.2 Å². The molecular weight excluding hydrogens is 206 g/mol. The Morgan fingerprint density at radius 3 is 2.44 bits per heavy atom. The quantitative estimate of drug-likeness (QED) is 0.761. The maximum atomic E-state index is 11.3. The van der Waals surface area contributed by atoms with Crippen molar-refractivity contribution in [2.24, 2.45) is 0 Å². The molecule has 1 aliphatic carbocycles. The number of likely N-dealkylation sites (tertiary alicyclic amines) is 1. The highest BCUT2D eigenvalue weighted by atomic mass is 16.4. The second kappa shape index (κ2) is 4.00.